The summed E-state index contributed by atoms with van der Waals surface area (Å²) in [5, 5.41) is 6.02. The van der Waals surface area contributed by atoms with E-state index in [9.17, 15) is 4.39 Å². The van der Waals surface area contributed by atoms with E-state index in [1.165, 1.54) is 23.3 Å². The van der Waals surface area contributed by atoms with Crippen molar-refractivity contribution in [3.8, 4) is 44.5 Å². The van der Waals surface area contributed by atoms with Crippen LogP contribution in [0.4, 0.5) is 15.8 Å². The number of anilines is 2. The molecule has 0 radical (unpaired) electrons. The zero-order valence-electron chi connectivity index (χ0n) is 23.0. The Balaban J connectivity index is 1.31. The van der Waals surface area contributed by atoms with Crippen molar-refractivity contribution in [3.05, 3.63) is 170 Å². The highest BCUT2D eigenvalue weighted by Gasteiger charge is 2.12. The standard InChI is InChI=1S/C40H28FN/c41-34-23-20-30(21-24-34)36-18-8-14-31-15-9-19-37(40(31)36)33-16-7-17-35(26-33)42-39-25-22-32(28-10-3-1-4-11-28)27-38(39)29-12-5-2-6-13-29/h1-27,42H. The lowest BCUT2D eigenvalue weighted by Crippen LogP contribution is -1.95. The second-order valence-electron chi connectivity index (χ2n) is 10.4. The van der Waals surface area contributed by atoms with Crippen LogP contribution in [-0.4, -0.2) is 0 Å². The lowest BCUT2D eigenvalue weighted by molar-refractivity contribution is 0.628. The first-order valence-electron chi connectivity index (χ1n) is 14.1. The summed E-state index contributed by atoms with van der Waals surface area (Å²) in [5.41, 5.74) is 11.1. The summed E-state index contributed by atoms with van der Waals surface area (Å²) in [7, 11) is 0. The van der Waals surface area contributed by atoms with Gasteiger partial charge >= 0.3 is 0 Å². The quantitative estimate of drug-likeness (QED) is 0.221. The molecule has 0 fully saturated rings. The normalized spacial score (nSPS) is 11.0. The van der Waals surface area contributed by atoms with Gasteiger partial charge in [0.25, 0.3) is 0 Å². The highest BCUT2D eigenvalue weighted by Crippen LogP contribution is 2.39. The average Bonchev–Trinajstić information content (AvgIpc) is 3.06. The lowest BCUT2D eigenvalue weighted by atomic mass is 9.91. The summed E-state index contributed by atoms with van der Waals surface area (Å²) >= 11 is 0. The smallest absolute Gasteiger partial charge is 0.123 e. The van der Waals surface area contributed by atoms with Crippen molar-refractivity contribution in [2.45, 2.75) is 0 Å². The summed E-state index contributed by atoms with van der Waals surface area (Å²) < 4.78 is 13.7. The van der Waals surface area contributed by atoms with E-state index in [1.54, 1.807) is 0 Å². The van der Waals surface area contributed by atoms with Gasteiger partial charge in [0.2, 0.25) is 0 Å². The van der Waals surface area contributed by atoms with Crippen LogP contribution in [0.1, 0.15) is 0 Å². The van der Waals surface area contributed by atoms with E-state index < -0.39 is 0 Å². The van der Waals surface area contributed by atoms with Crippen molar-refractivity contribution in [1.29, 1.82) is 0 Å². The highest BCUT2D eigenvalue weighted by atomic mass is 19.1. The first kappa shape index (κ1) is 25.5. The highest BCUT2D eigenvalue weighted by molar-refractivity contribution is 6.06. The van der Waals surface area contributed by atoms with E-state index in [2.05, 4.69) is 133 Å². The molecule has 1 nitrogen and oxygen atoms in total. The van der Waals surface area contributed by atoms with Gasteiger partial charge in [0, 0.05) is 16.9 Å². The van der Waals surface area contributed by atoms with Crippen LogP contribution in [0.25, 0.3) is 55.3 Å². The molecule has 2 heteroatoms. The molecule has 0 amide bonds. The summed E-state index contributed by atoms with van der Waals surface area (Å²) in [5.74, 6) is -0.232. The molecule has 0 saturated carbocycles. The maximum absolute atomic E-state index is 13.7. The predicted octanol–water partition coefficient (Wildman–Crippen LogP) is 11.4. The van der Waals surface area contributed by atoms with E-state index in [0.29, 0.717) is 0 Å². The van der Waals surface area contributed by atoms with Gasteiger partial charge in [0.05, 0.1) is 0 Å². The van der Waals surface area contributed by atoms with Crippen LogP contribution in [0.3, 0.4) is 0 Å². The molecule has 0 bridgehead atoms. The second kappa shape index (κ2) is 11.2. The fraction of sp³-hybridized carbons (Fsp3) is 0. The number of halogens is 1. The number of fused-ring (bicyclic) bond motifs is 1. The molecule has 0 aliphatic carbocycles. The van der Waals surface area contributed by atoms with Crippen molar-refractivity contribution in [2.24, 2.45) is 0 Å². The Hall–Kier alpha value is -5.47. The molecule has 0 aromatic heterocycles. The van der Waals surface area contributed by atoms with Crippen molar-refractivity contribution < 1.29 is 4.39 Å². The summed E-state index contributed by atoms with van der Waals surface area (Å²) in [4.78, 5) is 0. The van der Waals surface area contributed by atoms with E-state index >= 15 is 0 Å². The Labute approximate surface area is 245 Å². The van der Waals surface area contributed by atoms with Crippen LogP contribution in [0.5, 0.6) is 0 Å². The van der Waals surface area contributed by atoms with Crippen molar-refractivity contribution >= 4 is 22.1 Å². The molecule has 1 N–H and O–H groups in total. The Kier molecular flexibility index (Phi) is 6.79. The summed E-state index contributed by atoms with van der Waals surface area (Å²) in [6.07, 6.45) is 0. The molecule has 200 valence electrons. The van der Waals surface area contributed by atoms with Crippen LogP contribution < -0.4 is 5.32 Å². The second-order valence-corrected chi connectivity index (χ2v) is 10.4. The SMILES string of the molecule is Fc1ccc(-c2cccc3cccc(-c4cccc(Nc5ccc(-c6ccccc6)cc5-c5ccccc5)c4)c23)cc1. The van der Waals surface area contributed by atoms with E-state index in [-0.39, 0.29) is 5.82 Å². The number of benzene rings is 7. The fourth-order valence-corrected chi connectivity index (χ4v) is 5.69. The maximum Gasteiger partial charge on any atom is 0.123 e. The Morgan fingerprint density at radius 3 is 1.67 bits per heavy atom. The third-order valence-electron chi connectivity index (χ3n) is 7.72. The van der Waals surface area contributed by atoms with E-state index in [0.717, 1.165) is 55.5 Å². The Morgan fingerprint density at radius 1 is 0.381 bits per heavy atom. The van der Waals surface area contributed by atoms with E-state index in [1.807, 2.05) is 24.3 Å². The molecule has 7 rings (SSSR count). The van der Waals surface area contributed by atoms with E-state index in [4.69, 9.17) is 0 Å². The molecule has 7 aromatic carbocycles. The first-order chi connectivity index (χ1) is 20.7. The summed E-state index contributed by atoms with van der Waals surface area (Å²) in [6, 6.07) is 55.6. The molecule has 0 heterocycles. The number of hydrogen-bond donors (Lipinski definition) is 1. The monoisotopic (exact) mass is 541 g/mol. The molecule has 7 aromatic rings. The third-order valence-corrected chi connectivity index (χ3v) is 7.72. The minimum atomic E-state index is -0.232. The topological polar surface area (TPSA) is 12.0 Å². The zero-order chi connectivity index (χ0) is 28.3. The van der Waals surface area contributed by atoms with Gasteiger partial charge < -0.3 is 5.32 Å². The van der Waals surface area contributed by atoms with Gasteiger partial charge in [-0.05, 0) is 86.1 Å². The van der Waals surface area contributed by atoms with Gasteiger partial charge in [-0.3, -0.25) is 0 Å². The van der Waals surface area contributed by atoms with Crippen LogP contribution in [0, 0.1) is 5.82 Å². The minimum Gasteiger partial charge on any atom is -0.355 e. The third kappa shape index (κ3) is 5.07. The molecule has 0 saturated heterocycles. The fourth-order valence-electron chi connectivity index (χ4n) is 5.69. The van der Waals surface area contributed by atoms with Gasteiger partial charge in [-0.25, -0.2) is 4.39 Å². The first-order valence-corrected chi connectivity index (χ1v) is 14.1. The maximum atomic E-state index is 13.7. The predicted molar refractivity (Wildman–Crippen MR) is 175 cm³/mol. The molecule has 42 heavy (non-hydrogen) atoms. The minimum absolute atomic E-state index is 0.232. The van der Waals surface area contributed by atoms with Crippen LogP contribution in [0.2, 0.25) is 0 Å². The van der Waals surface area contributed by atoms with Crippen LogP contribution in [-0.2, 0) is 0 Å². The molecule has 0 unspecified atom stereocenters. The zero-order valence-corrected chi connectivity index (χ0v) is 23.0. The molecule has 0 atom stereocenters. The van der Waals surface area contributed by atoms with Gasteiger partial charge in [-0.1, -0.05) is 127 Å². The van der Waals surface area contributed by atoms with Gasteiger partial charge in [-0.2, -0.15) is 0 Å². The van der Waals surface area contributed by atoms with Crippen molar-refractivity contribution in [2.75, 3.05) is 5.32 Å². The Morgan fingerprint density at radius 2 is 0.952 bits per heavy atom. The molecular formula is C40H28FN. The largest absolute Gasteiger partial charge is 0.355 e. The molecule has 0 aliphatic heterocycles. The number of hydrogen-bond acceptors (Lipinski definition) is 1. The van der Waals surface area contributed by atoms with Crippen LogP contribution in [0.15, 0.2) is 164 Å². The van der Waals surface area contributed by atoms with Crippen LogP contribution >= 0.6 is 0 Å². The number of nitrogens with one attached hydrogen (secondary N) is 1. The Bertz CT molecular complexity index is 1990. The van der Waals surface area contributed by atoms with Crippen molar-refractivity contribution in [3.63, 3.8) is 0 Å². The lowest BCUT2D eigenvalue weighted by Gasteiger charge is -2.16. The molecular weight excluding hydrogens is 513 g/mol. The van der Waals surface area contributed by atoms with Crippen molar-refractivity contribution in [1.82, 2.24) is 0 Å². The summed E-state index contributed by atoms with van der Waals surface area (Å²) in [6.45, 7) is 0. The van der Waals surface area contributed by atoms with Gasteiger partial charge in [0.15, 0.2) is 0 Å². The molecule has 0 spiro atoms. The van der Waals surface area contributed by atoms with Gasteiger partial charge in [-0.15, -0.1) is 0 Å². The molecule has 0 aliphatic rings. The average molecular weight is 542 g/mol. The van der Waals surface area contributed by atoms with Gasteiger partial charge in [0.1, 0.15) is 5.82 Å². The number of rotatable bonds is 6.